The largest absolute Gasteiger partial charge is 0.492 e. The summed E-state index contributed by atoms with van der Waals surface area (Å²) in [5.41, 5.74) is 6.39. The van der Waals surface area contributed by atoms with Gasteiger partial charge in [0.1, 0.15) is 12.4 Å². The van der Waals surface area contributed by atoms with E-state index in [9.17, 15) is 0 Å². The SMILES string of the molecule is N#Cc1ccc(OCCN2CCCC(CN)C2)cc1. The van der Waals surface area contributed by atoms with Gasteiger partial charge in [-0.25, -0.2) is 0 Å². The first-order valence-electron chi connectivity index (χ1n) is 6.87. The van der Waals surface area contributed by atoms with E-state index in [0.29, 0.717) is 18.1 Å². The second kappa shape index (κ2) is 7.13. The fraction of sp³-hybridized carbons (Fsp3) is 0.533. The summed E-state index contributed by atoms with van der Waals surface area (Å²) in [7, 11) is 0. The van der Waals surface area contributed by atoms with Crippen LogP contribution in [0.2, 0.25) is 0 Å². The van der Waals surface area contributed by atoms with Gasteiger partial charge in [-0.1, -0.05) is 0 Å². The van der Waals surface area contributed by atoms with Crippen LogP contribution < -0.4 is 10.5 Å². The van der Waals surface area contributed by atoms with Gasteiger partial charge in [0.05, 0.1) is 11.6 Å². The van der Waals surface area contributed by atoms with E-state index in [1.54, 1.807) is 12.1 Å². The van der Waals surface area contributed by atoms with Crippen LogP contribution in [0.15, 0.2) is 24.3 Å². The molecule has 1 aliphatic heterocycles. The number of rotatable bonds is 5. The Balaban J connectivity index is 1.72. The molecule has 0 bridgehead atoms. The molecule has 4 nitrogen and oxygen atoms in total. The van der Waals surface area contributed by atoms with Crippen LogP contribution in [0, 0.1) is 17.2 Å². The average molecular weight is 259 g/mol. The Hall–Kier alpha value is -1.57. The Kier molecular flexibility index (Phi) is 5.20. The van der Waals surface area contributed by atoms with Crippen molar-refractivity contribution in [1.29, 1.82) is 5.26 Å². The molecule has 1 heterocycles. The van der Waals surface area contributed by atoms with Crippen molar-refractivity contribution in [2.75, 3.05) is 32.8 Å². The zero-order valence-electron chi connectivity index (χ0n) is 11.2. The molecule has 1 aromatic carbocycles. The molecule has 0 amide bonds. The summed E-state index contributed by atoms with van der Waals surface area (Å²) in [6.07, 6.45) is 2.49. The van der Waals surface area contributed by atoms with Crippen LogP contribution in [0.5, 0.6) is 5.75 Å². The molecule has 102 valence electrons. The first kappa shape index (κ1) is 13.9. The summed E-state index contributed by atoms with van der Waals surface area (Å²) in [6.45, 7) is 4.65. The molecule has 1 saturated heterocycles. The number of hydrogen-bond acceptors (Lipinski definition) is 4. The molecular formula is C15H21N3O. The molecule has 1 fully saturated rings. The van der Waals surface area contributed by atoms with Gasteiger partial charge in [0.2, 0.25) is 0 Å². The third-order valence-corrected chi connectivity index (χ3v) is 3.60. The van der Waals surface area contributed by atoms with Gasteiger partial charge in [0.25, 0.3) is 0 Å². The highest BCUT2D eigenvalue weighted by Gasteiger charge is 2.18. The monoisotopic (exact) mass is 259 g/mol. The smallest absolute Gasteiger partial charge is 0.119 e. The Labute approximate surface area is 114 Å². The van der Waals surface area contributed by atoms with Crippen molar-refractivity contribution in [3.63, 3.8) is 0 Å². The molecule has 19 heavy (non-hydrogen) atoms. The molecular weight excluding hydrogens is 238 g/mol. The minimum Gasteiger partial charge on any atom is -0.492 e. The number of hydrogen-bond donors (Lipinski definition) is 1. The van der Waals surface area contributed by atoms with Crippen molar-refractivity contribution < 1.29 is 4.74 Å². The highest BCUT2D eigenvalue weighted by atomic mass is 16.5. The van der Waals surface area contributed by atoms with Crippen LogP contribution in [0.3, 0.4) is 0 Å². The second-order valence-electron chi connectivity index (χ2n) is 5.03. The fourth-order valence-corrected chi connectivity index (χ4v) is 2.47. The molecule has 1 unspecified atom stereocenters. The van der Waals surface area contributed by atoms with Gasteiger partial charge in [-0.05, 0) is 56.1 Å². The van der Waals surface area contributed by atoms with Crippen LogP contribution in [-0.4, -0.2) is 37.7 Å². The number of nitriles is 1. The third kappa shape index (κ3) is 4.23. The predicted molar refractivity (Wildman–Crippen MR) is 74.9 cm³/mol. The molecule has 2 rings (SSSR count). The molecule has 0 saturated carbocycles. The molecule has 0 aliphatic carbocycles. The van der Waals surface area contributed by atoms with E-state index in [2.05, 4.69) is 11.0 Å². The standard InChI is InChI=1S/C15H21N3O/c16-10-13-3-5-15(6-4-13)19-9-8-18-7-1-2-14(11-17)12-18/h3-6,14H,1-2,7-9,11-12,17H2. The fourth-order valence-electron chi connectivity index (χ4n) is 2.47. The van der Waals surface area contributed by atoms with Crippen molar-refractivity contribution in [3.8, 4) is 11.8 Å². The van der Waals surface area contributed by atoms with Crippen molar-refractivity contribution in [1.82, 2.24) is 4.90 Å². The van der Waals surface area contributed by atoms with Crippen LogP contribution in [-0.2, 0) is 0 Å². The van der Waals surface area contributed by atoms with E-state index in [-0.39, 0.29) is 0 Å². The van der Waals surface area contributed by atoms with Crippen LogP contribution in [0.25, 0.3) is 0 Å². The highest BCUT2D eigenvalue weighted by Crippen LogP contribution is 2.15. The van der Waals surface area contributed by atoms with Gasteiger partial charge >= 0.3 is 0 Å². The van der Waals surface area contributed by atoms with E-state index in [4.69, 9.17) is 15.7 Å². The van der Waals surface area contributed by atoms with Gasteiger partial charge in [-0.2, -0.15) is 5.26 Å². The number of likely N-dealkylation sites (tertiary alicyclic amines) is 1. The van der Waals surface area contributed by atoms with Gasteiger partial charge < -0.3 is 10.5 Å². The van der Waals surface area contributed by atoms with E-state index < -0.39 is 0 Å². The molecule has 0 spiro atoms. The summed E-state index contributed by atoms with van der Waals surface area (Å²) >= 11 is 0. The van der Waals surface area contributed by atoms with Gasteiger partial charge in [0.15, 0.2) is 0 Å². The van der Waals surface area contributed by atoms with Crippen molar-refractivity contribution in [2.24, 2.45) is 11.7 Å². The third-order valence-electron chi connectivity index (χ3n) is 3.60. The molecule has 0 aromatic heterocycles. The summed E-state index contributed by atoms with van der Waals surface area (Å²) < 4.78 is 5.69. The lowest BCUT2D eigenvalue weighted by atomic mass is 9.98. The zero-order chi connectivity index (χ0) is 13.5. The summed E-state index contributed by atoms with van der Waals surface area (Å²) in [4.78, 5) is 2.42. The van der Waals surface area contributed by atoms with E-state index >= 15 is 0 Å². The van der Waals surface area contributed by atoms with Gasteiger partial charge in [0, 0.05) is 13.1 Å². The van der Waals surface area contributed by atoms with Crippen LogP contribution in [0.4, 0.5) is 0 Å². The first-order chi connectivity index (χ1) is 9.31. The Bertz CT molecular complexity index is 424. The lowest BCUT2D eigenvalue weighted by Crippen LogP contribution is -2.40. The van der Waals surface area contributed by atoms with Crippen molar-refractivity contribution in [2.45, 2.75) is 12.8 Å². The maximum atomic E-state index is 8.72. The summed E-state index contributed by atoms with van der Waals surface area (Å²) in [5, 5.41) is 8.72. The first-order valence-corrected chi connectivity index (χ1v) is 6.87. The van der Waals surface area contributed by atoms with E-state index in [1.807, 2.05) is 12.1 Å². The Morgan fingerprint density at radius 1 is 1.37 bits per heavy atom. The quantitative estimate of drug-likeness (QED) is 0.872. The molecule has 2 N–H and O–H groups in total. The Morgan fingerprint density at radius 2 is 2.16 bits per heavy atom. The predicted octanol–water partition coefficient (Wildman–Crippen LogP) is 1.61. The number of nitrogens with zero attached hydrogens (tertiary/aromatic N) is 2. The van der Waals surface area contributed by atoms with Crippen molar-refractivity contribution >= 4 is 0 Å². The number of nitrogens with two attached hydrogens (primary N) is 1. The number of piperidine rings is 1. The minimum atomic E-state index is 0.642. The van der Waals surface area contributed by atoms with Crippen LogP contribution in [0.1, 0.15) is 18.4 Å². The lowest BCUT2D eigenvalue weighted by Gasteiger charge is -2.31. The molecule has 1 aliphatic rings. The number of ether oxygens (including phenoxy) is 1. The Morgan fingerprint density at radius 3 is 2.84 bits per heavy atom. The van der Waals surface area contributed by atoms with Gasteiger partial charge in [-0.3, -0.25) is 4.90 Å². The maximum absolute atomic E-state index is 8.72. The van der Waals surface area contributed by atoms with E-state index in [1.165, 1.54) is 12.8 Å². The van der Waals surface area contributed by atoms with Crippen LogP contribution >= 0.6 is 0 Å². The second-order valence-corrected chi connectivity index (χ2v) is 5.03. The molecule has 1 aromatic rings. The van der Waals surface area contributed by atoms with Crippen molar-refractivity contribution in [3.05, 3.63) is 29.8 Å². The minimum absolute atomic E-state index is 0.642. The lowest BCUT2D eigenvalue weighted by molar-refractivity contribution is 0.149. The molecule has 0 radical (unpaired) electrons. The average Bonchev–Trinajstić information content (AvgIpc) is 2.48. The number of benzene rings is 1. The topological polar surface area (TPSA) is 62.3 Å². The zero-order valence-corrected chi connectivity index (χ0v) is 11.2. The van der Waals surface area contributed by atoms with Gasteiger partial charge in [-0.15, -0.1) is 0 Å². The summed E-state index contributed by atoms with van der Waals surface area (Å²) in [5.74, 6) is 1.47. The normalized spacial score (nSPS) is 19.9. The van der Waals surface area contributed by atoms with E-state index in [0.717, 1.165) is 31.9 Å². The maximum Gasteiger partial charge on any atom is 0.119 e. The molecule has 4 heteroatoms. The molecule has 1 atom stereocenters. The highest BCUT2D eigenvalue weighted by molar-refractivity contribution is 5.34. The summed E-state index contributed by atoms with van der Waals surface area (Å²) in [6, 6.07) is 9.34.